The van der Waals surface area contributed by atoms with E-state index in [1.807, 2.05) is 0 Å². The van der Waals surface area contributed by atoms with E-state index in [0.29, 0.717) is 11.3 Å². The lowest BCUT2D eigenvalue weighted by molar-refractivity contribution is -0.0672. The van der Waals surface area contributed by atoms with Crippen molar-refractivity contribution in [3.63, 3.8) is 0 Å². The molecule has 0 radical (unpaired) electrons. The minimum Gasteiger partial charge on any atom is -0.497 e. The van der Waals surface area contributed by atoms with Gasteiger partial charge in [0.2, 0.25) is 5.16 Å². The summed E-state index contributed by atoms with van der Waals surface area (Å²) >= 11 is 0. The van der Waals surface area contributed by atoms with Gasteiger partial charge in [-0.3, -0.25) is 9.19 Å². The summed E-state index contributed by atoms with van der Waals surface area (Å²) < 4.78 is 89.9. The van der Waals surface area contributed by atoms with Crippen LogP contribution in [-0.4, -0.2) is 46.5 Å². The van der Waals surface area contributed by atoms with Crippen LogP contribution in [-0.2, 0) is 26.6 Å². The van der Waals surface area contributed by atoms with Gasteiger partial charge in [-0.2, -0.15) is 4.39 Å². The van der Waals surface area contributed by atoms with Gasteiger partial charge < -0.3 is 9.47 Å². The van der Waals surface area contributed by atoms with Crippen LogP contribution in [0.15, 0.2) is 70.8 Å². The number of halogens is 3. The lowest BCUT2D eigenvalue weighted by Crippen LogP contribution is -2.20. The zero-order chi connectivity index (χ0) is 26.0. The number of alkyl halides is 3. The van der Waals surface area contributed by atoms with Gasteiger partial charge in [-0.05, 0) is 49.4 Å². The van der Waals surface area contributed by atoms with Crippen molar-refractivity contribution in [2.45, 2.75) is 35.5 Å². The summed E-state index contributed by atoms with van der Waals surface area (Å²) in [6, 6.07) is 13.3. The predicted octanol–water partition coefficient (Wildman–Crippen LogP) is 4.23. The fraction of sp³-hybridized carbons (Fsp3) is 0.217. The Morgan fingerprint density at radius 3 is 2.42 bits per heavy atom. The Labute approximate surface area is 207 Å². The molecular formula is C23H20F3N3O5S2. The third-order valence-electron chi connectivity index (χ3n) is 5.26. The van der Waals surface area contributed by atoms with E-state index in [1.165, 1.54) is 56.6 Å². The molecule has 2 heterocycles. The van der Waals surface area contributed by atoms with Gasteiger partial charge in [0.25, 0.3) is 16.4 Å². The number of hydrogen-bond donors (Lipinski definition) is 0. The molecular weight excluding hydrogens is 519 g/mol. The summed E-state index contributed by atoms with van der Waals surface area (Å²) in [7, 11) is -4.84. The highest BCUT2D eigenvalue weighted by Gasteiger charge is 2.28. The Morgan fingerprint density at radius 1 is 1.06 bits per heavy atom. The maximum absolute atomic E-state index is 13.6. The Kier molecular flexibility index (Phi) is 7.31. The second-order valence-corrected chi connectivity index (χ2v) is 10.6. The first kappa shape index (κ1) is 25.6. The highest BCUT2D eigenvalue weighted by molar-refractivity contribution is 7.91. The number of para-hydroxylation sites is 2. The zero-order valence-corrected chi connectivity index (χ0v) is 20.6. The quantitative estimate of drug-likeness (QED) is 0.314. The molecule has 13 heteroatoms. The number of hydrogen-bond acceptors (Lipinski definition) is 7. The summed E-state index contributed by atoms with van der Waals surface area (Å²) in [5.41, 5.74) is 0.857. The van der Waals surface area contributed by atoms with Crippen LogP contribution in [0.25, 0.3) is 11.0 Å². The minimum atomic E-state index is -4.23. The van der Waals surface area contributed by atoms with Gasteiger partial charge in [0.1, 0.15) is 11.5 Å². The standard InChI is InChI=1S/C23H20F3N3O5S2/c1-14-18(27-12-11-20(14)34-22(26)21(24)25)13-35(30)23-28-17-5-3-4-6-19(17)29(23)36(31,32)16-9-7-15(33-2)8-10-16/h3-12,21-22H,13H2,1-2H3. The molecule has 2 aromatic carbocycles. The van der Waals surface area contributed by atoms with E-state index < -0.39 is 33.6 Å². The van der Waals surface area contributed by atoms with Gasteiger partial charge >= 0.3 is 6.43 Å². The van der Waals surface area contributed by atoms with Crippen molar-refractivity contribution >= 4 is 31.9 Å². The summed E-state index contributed by atoms with van der Waals surface area (Å²) in [5, 5.41) is -0.254. The molecule has 2 atom stereocenters. The van der Waals surface area contributed by atoms with E-state index >= 15 is 0 Å². The molecule has 4 rings (SSSR count). The number of methoxy groups -OCH3 is 1. The molecule has 8 nitrogen and oxygen atoms in total. The van der Waals surface area contributed by atoms with E-state index in [4.69, 9.17) is 4.74 Å². The summed E-state index contributed by atoms with van der Waals surface area (Å²) in [5.74, 6) is -0.0563. The molecule has 0 aliphatic rings. The molecule has 0 aliphatic carbocycles. The summed E-state index contributed by atoms with van der Waals surface area (Å²) in [6.45, 7) is 1.45. The van der Waals surface area contributed by atoms with Crippen LogP contribution in [0.1, 0.15) is 11.3 Å². The lowest BCUT2D eigenvalue weighted by Gasteiger charge is -2.15. The van der Waals surface area contributed by atoms with E-state index in [1.54, 1.807) is 18.2 Å². The van der Waals surface area contributed by atoms with Gasteiger partial charge in [-0.1, -0.05) is 12.1 Å². The molecule has 0 N–H and O–H groups in total. The molecule has 0 saturated carbocycles. The number of ether oxygens (including phenoxy) is 2. The van der Waals surface area contributed by atoms with Crippen molar-refractivity contribution in [2.24, 2.45) is 0 Å². The number of benzene rings is 2. The molecule has 0 spiro atoms. The number of aromatic nitrogens is 3. The molecule has 190 valence electrons. The SMILES string of the molecule is COc1ccc(S(=O)(=O)n2c(S(=O)Cc3nccc(OC(F)C(F)F)c3C)nc3ccccc32)cc1. The molecule has 0 bridgehead atoms. The molecule has 0 saturated heterocycles. The van der Waals surface area contributed by atoms with Crippen LogP contribution in [0.5, 0.6) is 11.5 Å². The number of imidazole rings is 1. The molecule has 36 heavy (non-hydrogen) atoms. The topological polar surface area (TPSA) is 100 Å². The molecule has 2 unspecified atom stereocenters. The van der Waals surface area contributed by atoms with E-state index in [9.17, 15) is 25.8 Å². The Bertz CT molecular complexity index is 1530. The first-order valence-corrected chi connectivity index (χ1v) is 13.2. The maximum atomic E-state index is 13.6. The van der Waals surface area contributed by atoms with Gasteiger partial charge in [-0.25, -0.2) is 26.2 Å². The van der Waals surface area contributed by atoms with E-state index in [0.717, 1.165) is 3.97 Å². The van der Waals surface area contributed by atoms with Crippen LogP contribution in [0.3, 0.4) is 0 Å². The first-order chi connectivity index (χ1) is 17.1. The maximum Gasteiger partial charge on any atom is 0.304 e. The third kappa shape index (κ3) is 4.93. The van der Waals surface area contributed by atoms with Crippen LogP contribution < -0.4 is 9.47 Å². The van der Waals surface area contributed by atoms with E-state index in [2.05, 4.69) is 14.7 Å². The van der Waals surface area contributed by atoms with Crippen molar-refractivity contribution in [3.05, 3.63) is 72.1 Å². The number of pyridine rings is 1. The molecule has 0 fully saturated rings. The average Bonchev–Trinajstić information content (AvgIpc) is 3.27. The van der Waals surface area contributed by atoms with Gasteiger partial charge in [0.15, 0.2) is 0 Å². The number of rotatable bonds is 9. The highest BCUT2D eigenvalue weighted by atomic mass is 32.2. The Morgan fingerprint density at radius 2 is 1.75 bits per heavy atom. The van der Waals surface area contributed by atoms with E-state index in [-0.39, 0.29) is 38.3 Å². The lowest BCUT2D eigenvalue weighted by atomic mass is 10.2. The van der Waals surface area contributed by atoms with Crippen LogP contribution >= 0.6 is 0 Å². The zero-order valence-electron chi connectivity index (χ0n) is 19.0. The van der Waals surface area contributed by atoms with Gasteiger partial charge in [0, 0.05) is 11.8 Å². The van der Waals surface area contributed by atoms with Crippen molar-refractivity contribution in [2.75, 3.05) is 7.11 Å². The van der Waals surface area contributed by atoms with Crippen LogP contribution in [0.2, 0.25) is 0 Å². The molecule has 4 aromatic rings. The molecule has 2 aromatic heterocycles. The second-order valence-electron chi connectivity index (χ2n) is 7.50. The van der Waals surface area contributed by atoms with Crippen LogP contribution in [0.4, 0.5) is 13.2 Å². The smallest absolute Gasteiger partial charge is 0.304 e. The van der Waals surface area contributed by atoms with Gasteiger partial charge in [0.05, 0.1) is 45.3 Å². The van der Waals surface area contributed by atoms with Gasteiger partial charge in [-0.15, -0.1) is 0 Å². The van der Waals surface area contributed by atoms with Crippen molar-refractivity contribution < 1.29 is 35.3 Å². The first-order valence-electron chi connectivity index (χ1n) is 10.4. The fourth-order valence-electron chi connectivity index (χ4n) is 3.40. The number of fused-ring (bicyclic) bond motifs is 1. The van der Waals surface area contributed by atoms with Crippen molar-refractivity contribution in [1.29, 1.82) is 0 Å². The fourth-order valence-corrected chi connectivity index (χ4v) is 6.45. The van der Waals surface area contributed by atoms with Crippen LogP contribution in [0, 0.1) is 6.92 Å². The summed E-state index contributed by atoms with van der Waals surface area (Å²) in [6.07, 6.45) is -4.99. The number of nitrogens with zero attached hydrogens (tertiary/aromatic N) is 3. The summed E-state index contributed by atoms with van der Waals surface area (Å²) in [4.78, 5) is 8.32. The minimum absolute atomic E-state index is 0.0737. The van der Waals surface area contributed by atoms with Crippen molar-refractivity contribution in [3.8, 4) is 11.5 Å². The highest BCUT2D eigenvalue weighted by Crippen LogP contribution is 2.29. The third-order valence-corrected chi connectivity index (χ3v) is 8.31. The largest absolute Gasteiger partial charge is 0.497 e. The average molecular weight is 540 g/mol. The Hall–Kier alpha value is -3.45. The second kappa shape index (κ2) is 10.3. The van der Waals surface area contributed by atoms with Crippen molar-refractivity contribution in [1.82, 2.24) is 13.9 Å². The predicted molar refractivity (Wildman–Crippen MR) is 126 cm³/mol. The Balaban J connectivity index is 1.76. The molecule has 0 aliphatic heterocycles. The normalized spacial score (nSPS) is 13.6. The molecule has 0 amide bonds. The monoisotopic (exact) mass is 539 g/mol.